The molecule has 0 aliphatic carbocycles. The molecule has 0 spiro atoms. The first kappa shape index (κ1) is 9.55. The van der Waals surface area contributed by atoms with Crippen molar-refractivity contribution in [2.75, 3.05) is 7.11 Å². The van der Waals surface area contributed by atoms with Gasteiger partial charge in [0, 0.05) is 10.5 Å². The van der Waals surface area contributed by atoms with Gasteiger partial charge in [0.2, 0.25) is 0 Å². The second-order valence-corrected chi connectivity index (χ2v) is 3.53. The number of ether oxygens (including phenoxy) is 1. The number of hydrogen-bond donors (Lipinski definition) is 1. The molecule has 66 valence electrons. The van der Waals surface area contributed by atoms with Crippen LogP contribution >= 0.6 is 15.9 Å². The van der Waals surface area contributed by atoms with Crippen molar-refractivity contribution < 1.29 is 4.74 Å². The van der Waals surface area contributed by atoms with Gasteiger partial charge in [-0.15, -0.1) is 0 Å². The average molecular weight is 230 g/mol. The highest BCUT2D eigenvalue weighted by atomic mass is 79.9. The first-order chi connectivity index (χ1) is 5.65. The van der Waals surface area contributed by atoms with Gasteiger partial charge in [0.05, 0.1) is 7.11 Å². The Balaban J connectivity index is 3.03. The normalized spacial score (nSPS) is 12.7. The molecule has 3 heteroatoms. The summed E-state index contributed by atoms with van der Waals surface area (Å²) in [7, 11) is 1.65. The Labute approximate surface area is 80.8 Å². The lowest BCUT2D eigenvalue weighted by molar-refractivity contribution is 0.414. The van der Waals surface area contributed by atoms with Gasteiger partial charge in [-0.25, -0.2) is 0 Å². The van der Waals surface area contributed by atoms with Crippen LogP contribution in [0.25, 0.3) is 0 Å². The third kappa shape index (κ3) is 1.99. The minimum Gasteiger partial charge on any atom is -0.497 e. The van der Waals surface area contributed by atoms with Gasteiger partial charge in [-0.2, -0.15) is 0 Å². The summed E-state index contributed by atoms with van der Waals surface area (Å²) in [5.41, 5.74) is 6.83. The van der Waals surface area contributed by atoms with E-state index in [4.69, 9.17) is 10.5 Å². The van der Waals surface area contributed by atoms with Crippen molar-refractivity contribution in [3.8, 4) is 5.75 Å². The molecule has 1 rings (SSSR count). The van der Waals surface area contributed by atoms with Crippen LogP contribution in [0.2, 0.25) is 0 Å². The van der Waals surface area contributed by atoms with Crippen molar-refractivity contribution in [3.05, 3.63) is 28.2 Å². The zero-order valence-electron chi connectivity index (χ0n) is 7.17. The predicted molar refractivity (Wildman–Crippen MR) is 53.3 cm³/mol. The van der Waals surface area contributed by atoms with Gasteiger partial charge in [-0.3, -0.25) is 0 Å². The smallest absolute Gasteiger partial charge is 0.120 e. The fourth-order valence-electron chi connectivity index (χ4n) is 1.00. The standard InChI is InChI=1S/C9H12BrNO/c1-6(11)8-4-3-7(12-2)5-9(8)10/h3-6H,11H2,1-2H3/t6-/m1/s1. The van der Waals surface area contributed by atoms with E-state index in [-0.39, 0.29) is 6.04 Å². The largest absolute Gasteiger partial charge is 0.497 e. The van der Waals surface area contributed by atoms with Crippen LogP contribution in [0.3, 0.4) is 0 Å². The second kappa shape index (κ2) is 3.92. The molecular weight excluding hydrogens is 218 g/mol. The summed E-state index contributed by atoms with van der Waals surface area (Å²) in [4.78, 5) is 0. The van der Waals surface area contributed by atoms with E-state index < -0.39 is 0 Å². The number of rotatable bonds is 2. The molecule has 1 aromatic rings. The van der Waals surface area contributed by atoms with Crippen LogP contribution in [0.5, 0.6) is 5.75 Å². The molecule has 0 fully saturated rings. The number of halogens is 1. The number of nitrogens with two attached hydrogens (primary N) is 1. The van der Waals surface area contributed by atoms with Crippen molar-refractivity contribution >= 4 is 15.9 Å². The summed E-state index contributed by atoms with van der Waals surface area (Å²) in [6.07, 6.45) is 0. The first-order valence-corrected chi connectivity index (χ1v) is 4.53. The molecule has 2 nitrogen and oxygen atoms in total. The van der Waals surface area contributed by atoms with Crippen molar-refractivity contribution in [2.45, 2.75) is 13.0 Å². The molecule has 0 heterocycles. The second-order valence-electron chi connectivity index (χ2n) is 2.68. The summed E-state index contributed by atoms with van der Waals surface area (Å²) >= 11 is 3.43. The predicted octanol–water partition coefficient (Wildman–Crippen LogP) is 2.48. The third-order valence-corrected chi connectivity index (χ3v) is 2.38. The molecule has 0 radical (unpaired) electrons. The van der Waals surface area contributed by atoms with Crippen LogP contribution in [0.1, 0.15) is 18.5 Å². The Morgan fingerprint density at radius 3 is 2.58 bits per heavy atom. The third-order valence-electron chi connectivity index (χ3n) is 1.70. The van der Waals surface area contributed by atoms with Crippen molar-refractivity contribution in [2.24, 2.45) is 5.73 Å². The Morgan fingerprint density at radius 1 is 1.50 bits per heavy atom. The Hall–Kier alpha value is -0.540. The van der Waals surface area contributed by atoms with Crippen LogP contribution in [-0.4, -0.2) is 7.11 Å². The van der Waals surface area contributed by atoms with Gasteiger partial charge in [0.25, 0.3) is 0 Å². The zero-order chi connectivity index (χ0) is 9.14. The molecule has 0 aliphatic heterocycles. The summed E-state index contributed by atoms with van der Waals surface area (Å²) in [5.74, 6) is 0.839. The molecule has 0 aromatic heterocycles. The van der Waals surface area contributed by atoms with Gasteiger partial charge in [-0.05, 0) is 24.6 Å². The first-order valence-electron chi connectivity index (χ1n) is 3.74. The maximum atomic E-state index is 5.74. The van der Waals surface area contributed by atoms with Gasteiger partial charge in [-0.1, -0.05) is 22.0 Å². The fraction of sp³-hybridized carbons (Fsp3) is 0.333. The highest BCUT2D eigenvalue weighted by molar-refractivity contribution is 9.10. The summed E-state index contributed by atoms with van der Waals surface area (Å²) in [6, 6.07) is 5.83. The molecule has 2 N–H and O–H groups in total. The van der Waals surface area contributed by atoms with Crippen LogP contribution in [0.15, 0.2) is 22.7 Å². The van der Waals surface area contributed by atoms with Crippen LogP contribution in [0, 0.1) is 0 Å². The molecule has 0 saturated carbocycles. The molecule has 1 aromatic carbocycles. The highest BCUT2D eigenvalue weighted by Crippen LogP contribution is 2.26. The number of hydrogen-bond acceptors (Lipinski definition) is 2. The van der Waals surface area contributed by atoms with Crippen LogP contribution in [0.4, 0.5) is 0 Å². The van der Waals surface area contributed by atoms with E-state index >= 15 is 0 Å². The Bertz CT molecular complexity index is 273. The van der Waals surface area contributed by atoms with Crippen LogP contribution in [-0.2, 0) is 0 Å². The van der Waals surface area contributed by atoms with Crippen molar-refractivity contribution in [1.82, 2.24) is 0 Å². The highest BCUT2D eigenvalue weighted by Gasteiger charge is 2.04. The van der Waals surface area contributed by atoms with Gasteiger partial charge in [0.1, 0.15) is 5.75 Å². The molecule has 0 unspecified atom stereocenters. The van der Waals surface area contributed by atoms with E-state index in [0.29, 0.717) is 0 Å². The lowest BCUT2D eigenvalue weighted by Crippen LogP contribution is -2.05. The lowest BCUT2D eigenvalue weighted by Gasteiger charge is -2.09. The molecule has 0 amide bonds. The molecule has 0 saturated heterocycles. The topological polar surface area (TPSA) is 35.2 Å². The summed E-state index contributed by atoms with van der Waals surface area (Å²) in [5, 5.41) is 0. The Kier molecular flexibility index (Phi) is 3.12. The van der Waals surface area contributed by atoms with Crippen molar-refractivity contribution in [1.29, 1.82) is 0 Å². The number of benzene rings is 1. The molecule has 0 bridgehead atoms. The quantitative estimate of drug-likeness (QED) is 0.846. The van der Waals surface area contributed by atoms with Gasteiger partial charge < -0.3 is 10.5 Å². The van der Waals surface area contributed by atoms with Gasteiger partial charge >= 0.3 is 0 Å². The van der Waals surface area contributed by atoms with E-state index in [1.165, 1.54) is 0 Å². The lowest BCUT2D eigenvalue weighted by atomic mass is 10.1. The average Bonchev–Trinajstić information content (AvgIpc) is 2.03. The van der Waals surface area contributed by atoms with E-state index in [1.54, 1.807) is 7.11 Å². The van der Waals surface area contributed by atoms with Gasteiger partial charge in [0.15, 0.2) is 0 Å². The minimum absolute atomic E-state index is 0.0466. The molecule has 12 heavy (non-hydrogen) atoms. The van der Waals surface area contributed by atoms with E-state index in [2.05, 4.69) is 15.9 Å². The van der Waals surface area contributed by atoms with E-state index in [0.717, 1.165) is 15.8 Å². The maximum absolute atomic E-state index is 5.74. The SMILES string of the molecule is COc1ccc([C@@H](C)N)c(Br)c1. The summed E-state index contributed by atoms with van der Waals surface area (Å²) in [6.45, 7) is 1.95. The summed E-state index contributed by atoms with van der Waals surface area (Å²) < 4.78 is 6.06. The van der Waals surface area contributed by atoms with E-state index in [9.17, 15) is 0 Å². The maximum Gasteiger partial charge on any atom is 0.120 e. The molecule has 1 atom stereocenters. The van der Waals surface area contributed by atoms with Crippen LogP contribution < -0.4 is 10.5 Å². The minimum atomic E-state index is 0.0466. The Morgan fingerprint density at radius 2 is 2.17 bits per heavy atom. The fourth-order valence-corrected chi connectivity index (χ4v) is 1.72. The monoisotopic (exact) mass is 229 g/mol. The zero-order valence-corrected chi connectivity index (χ0v) is 8.76. The molecular formula is C9H12BrNO. The van der Waals surface area contributed by atoms with Crippen molar-refractivity contribution in [3.63, 3.8) is 0 Å². The number of methoxy groups -OCH3 is 1. The van der Waals surface area contributed by atoms with E-state index in [1.807, 2.05) is 25.1 Å². The molecule has 0 aliphatic rings.